The topological polar surface area (TPSA) is 32.3 Å². The van der Waals surface area contributed by atoms with Crippen LogP contribution in [0.5, 0.6) is 0 Å². The van der Waals surface area contributed by atoms with Gasteiger partial charge in [-0.1, -0.05) is 36.2 Å². The Balaban J connectivity index is 1.83. The van der Waals surface area contributed by atoms with E-state index in [4.69, 9.17) is 0 Å². The third-order valence-electron chi connectivity index (χ3n) is 4.31. The minimum Gasteiger partial charge on any atom is -0.339 e. The van der Waals surface area contributed by atoms with Gasteiger partial charge in [0, 0.05) is 25.6 Å². The van der Waals surface area contributed by atoms with Crippen LogP contribution in [0.4, 0.5) is 0 Å². The molecule has 1 aliphatic heterocycles. The molecule has 21 heavy (non-hydrogen) atoms. The van der Waals surface area contributed by atoms with Crippen molar-refractivity contribution in [3.8, 4) is 0 Å². The Labute approximate surface area is 128 Å². The second-order valence-corrected chi connectivity index (χ2v) is 6.08. The molecule has 0 aromatic heterocycles. The minimum absolute atomic E-state index is 0.284. The van der Waals surface area contributed by atoms with Crippen LogP contribution in [0, 0.1) is 6.92 Å². The molecule has 1 fully saturated rings. The molecule has 1 unspecified atom stereocenters. The summed E-state index contributed by atoms with van der Waals surface area (Å²) in [5.41, 5.74) is 2.48. The van der Waals surface area contributed by atoms with Crippen molar-refractivity contribution < 1.29 is 4.79 Å². The van der Waals surface area contributed by atoms with E-state index in [2.05, 4.69) is 43.4 Å². The fraction of sp³-hybridized carbons (Fsp3) is 0.611. The highest BCUT2D eigenvalue weighted by molar-refractivity contribution is 5.76. The summed E-state index contributed by atoms with van der Waals surface area (Å²) in [5.74, 6) is 0.284. The van der Waals surface area contributed by atoms with Crippen LogP contribution in [0.2, 0.25) is 0 Å². The summed E-state index contributed by atoms with van der Waals surface area (Å²) in [6.07, 6.45) is 5.43. The molecule has 0 saturated carbocycles. The SMILES string of the molecule is CCN(Cc1cccc(C)c1)C(=O)CCC1CCCCN1. The summed E-state index contributed by atoms with van der Waals surface area (Å²) in [6.45, 7) is 6.78. The number of hydrogen-bond donors (Lipinski definition) is 1. The zero-order valence-corrected chi connectivity index (χ0v) is 13.4. The molecule has 1 amide bonds. The van der Waals surface area contributed by atoms with Crippen LogP contribution < -0.4 is 5.32 Å². The number of benzene rings is 1. The first kappa shape index (κ1) is 16.0. The van der Waals surface area contributed by atoms with Crippen molar-refractivity contribution >= 4 is 5.91 Å². The fourth-order valence-corrected chi connectivity index (χ4v) is 3.03. The van der Waals surface area contributed by atoms with Gasteiger partial charge in [0.15, 0.2) is 0 Å². The van der Waals surface area contributed by atoms with Gasteiger partial charge in [-0.3, -0.25) is 4.79 Å². The number of carbonyl (C=O) groups excluding carboxylic acids is 1. The van der Waals surface area contributed by atoms with Gasteiger partial charge in [0.05, 0.1) is 0 Å². The summed E-state index contributed by atoms with van der Waals surface area (Å²) >= 11 is 0. The monoisotopic (exact) mass is 288 g/mol. The molecule has 0 bridgehead atoms. The van der Waals surface area contributed by atoms with Crippen LogP contribution in [0.15, 0.2) is 24.3 Å². The average Bonchev–Trinajstić information content (AvgIpc) is 2.51. The van der Waals surface area contributed by atoms with Crippen molar-refractivity contribution in [1.82, 2.24) is 10.2 Å². The maximum Gasteiger partial charge on any atom is 0.222 e. The quantitative estimate of drug-likeness (QED) is 0.871. The summed E-state index contributed by atoms with van der Waals surface area (Å²) in [6, 6.07) is 8.97. The van der Waals surface area contributed by atoms with E-state index in [0.717, 1.165) is 26.1 Å². The zero-order chi connectivity index (χ0) is 15.1. The van der Waals surface area contributed by atoms with Crippen molar-refractivity contribution in [1.29, 1.82) is 0 Å². The number of piperidine rings is 1. The Morgan fingerprint density at radius 3 is 2.90 bits per heavy atom. The van der Waals surface area contributed by atoms with E-state index in [-0.39, 0.29) is 5.91 Å². The fourth-order valence-electron chi connectivity index (χ4n) is 3.03. The van der Waals surface area contributed by atoms with Crippen molar-refractivity contribution in [2.75, 3.05) is 13.1 Å². The predicted molar refractivity (Wildman–Crippen MR) is 87.1 cm³/mol. The Hall–Kier alpha value is -1.35. The minimum atomic E-state index is 0.284. The van der Waals surface area contributed by atoms with Gasteiger partial charge in [-0.15, -0.1) is 0 Å². The van der Waals surface area contributed by atoms with E-state index in [9.17, 15) is 4.79 Å². The van der Waals surface area contributed by atoms with Crippen molar-refractivity contribution in [2.45, 2.75) is 58.5 Å². The molecule has 1 heterocycles. The smallest absolute Gasteiger partial charge is 0.222 e. The largest absolute Gasteiger partial charge is 0.339 e. The third kappa shape index (κ3) is 5.16. The maximum absolute atomic E-state index is 12.4. The predicted octanol–water partition coefficient (Wildman–Crippen LogP) is 3.27. The molecule has 1 aromatic rings. The van der Waals surface area contributed by atoms with Gasteiger partial charge < -0.3 is 10.2 Å². The molecule has 116 valence electrons. The lowest BCUT2D eigenvalue weighted by molar-refractivity contribution is -0.131. The van der Waals surface area contributed by atoms with E-state index >= 15 is 0 Å². The molecule has 1 aromatic carbocycles. The number of nitrogens with zero attached hydrogens (tertiary/aromatic N) is 1. The van der Waals surface area contributed by atoms with Gasteiger partial charge in [0.25, 0.3) is 0 Å². The lowest BCUT2D eigenvalue weighted by Crippen LogP contribution is -2.36. The van der Waals surface area contributed by atoms with Gasteiger partial charge in [-0.25, -0.2) is 0 Å². The van der Waals surface area contributed by atoms with E-state index in [1.807, 2.05) is 4.90 Å². The highest BCUT2D eigenvalue weighted by atomic mass is 16.2. The van der Waals surface area contributed by atoms with Crippen molar-refractivity contribution in [3.63, 3.8) is 0 Å². The lowest BCUT2D eigenvalue weighted by Gasteiger charge is -2.25. The van der Waals surface area contributed by atoms with E-state index in [1.54, 1.807) is 0 Å². The first-order chi connectivity index (χ1) is 10.2. The molecular weight excluding hydrogens is 260 g/mol. The summed E-state index contributed by atoms with van der Waals surface area (Å²) in [5, 5.41) is 3.52. The molecule has 1 aliphatic rings. The van der Waals surface area contributed by atoms with Gasteiger partial charge >= 0.3 is 0 Å². The average molecular weight is 288 g/mol. The Morgan fingerprint density at radius 1 is 1.38 bits per heavy atom. The van der Waals surface area contributed by atoms with Crippen LogP contribution in [0.3, 0.4) is 0 Å². The Kier molecular flexibility index (Phi) is 6.24. The van der Waals surface area contributed by atoms with Crippen molar-refractivity contribution in [3.05, 3.63) is 35.4 Å². The molecule has 1 N–H and O–H groups in total. The van der Waals surface area contributed by atoms with E-state index in [0.29, 0.717) is 12.5 Å². The van der Waals surface area contributed by atoms with Crippen LogP contribution >= 0.6 is 0 Å². The van der Waals surface area contributed by atoms with Crippen LogP contribution in [-0.2, 0) is 11.3 Å². The zero-order valence-electron chi connectivity index (χ0n) is 13.4. The third-order valence-corrected chi connectivity index (χ3v) is 4.31. The molecule has 0 radical (unpaired) electrons. The second-order valence-electron chi connectivity index (χ2n) is 6.08. The number of aryl methyl sites for hydroxylation is 1. The van der Waals surface area contributed by atoms with Gasteiger partial charge in [-0.05, 0) is 45.2 Å². The normalized spacial score (nSPS) is 18.5. The van der Waals surface area contributed by atoms with E-state index < -0.39 is 0 Å². The summed E-state index contributed by atoms with van der Waals surface area (Å²) < 4.78 is 0. The first-order valence-electron chi connectivity index (χ1n) is 8.25. The highest BCUT2D eigenvalue weighted by Gasteiger charge is 2.17. The number of amides is 1. The van der Waals surface area contributed by atoms with E-state index in [1.165, 1.54) is 30.4 Å². The first-order valence-corrected chi connectivity index (χ1v) is 8.25. The summed E-state index contributed by atoms with van der Waals surface area (Å²) in [4.78, 5) is 14.4. The lowest BCUT2D eigenvalue weighted by atomic mass is 10.0. The van der Waals surface area contributed by atoms with Crippen LogP contribution in [-0.4, -0.2) is 29.9 Å². The highest BCUT2D eigenvalue weighted by Crippen LogP contribution is 2.14. The molecule has 0 spiro atoms. The molecular formula is C18H28N2O. The van der Waals surface area contributed by atoms with Gasteiger partial charge in [0.1, 0.15) is 0 Å². The van der Waals surface area contributed by atoms with Crippen molar-refractivity contribution in [2.24, 2.45) is 0 Å². The standard InChI is InChI=1S/C18H28N2O/c1-3-20(14-16-8-6-7-15(2)13-16)18(21)11-10-17-9-4-5-12-19-17/h6-8,13,17,19H,3-5,9-12,14H2,1-2H3. The van der Waals surface area contributed by atoms with Crippen LogP contribution in [0.1, 0.15) is 50.2 Å². The molecule has 1 saturated heterocycles. The molecule has 3 nitrogen and oxygen atoms in total. The second kappa shape index (κ2) is 8.18. The number of nitrogens with one attached hydrogen (secondary N) is 1. The van der Waals surface area contributed by atoms with Gasteiger partial charge in [-0.2, -0.15) is 0 Å². The maximum atomic E-state index is 12.4. The molecule has 0 aliphatic carbocycles. The molecule has 3 heteroatoms. The number of hydrogen-bond acceptors (Lipinski definition) is 2. The van der Waals surface area contributed by atoms with Gasteiger partial charge in [0.2, 0.25) is 5.91 Å². The Morgan fingerprint density at radius 2 is 2.24 bits per heavy atom. The number of rotatable bonds is 6. The molecule has 2 rings (SSSR count). The molecule has 1 atom stereocenters. The van der Waals surface area contributed by atoms with Crippen LogP contribution in [0.25, 0.3) is 0 Å². The number of carbonyl (C=O) groups is 1. The Bertz CT molecular complexity index is 452. The summed E-state index contributed by atoms with van der Waals surface area (Å²) in [7, 11) is 0.